The van der Waals surface area contributed by atoms with E-state index >= 15 is 0 Å². The lowest BCUT2D eigenvalue weighted by molar-refractivity contribution is 0.117. The Balaban J connectivity index is 1.78. The highest BCUT2D eigenvalue weighted by atomic mass is 32.2. The Bertz CT molecular complexity index is 435. The standard InChI is InChI=1S/C17H24O3S2/c1-2-3-9-19-17(21)22-16(13-18-11-15-12-20-15)10-14-7-5-4-6-8-14/h4-8,15-16H,2-3,9-13H2,1H3. The highest BCUT2D eigenvalue weighted by Gasteiger charge is 2.23. The number of ether oxygens (including phenoxy) is 3. The predicted octanol–water partition coefficient (Wildman–Crippen LogP) is 3.85. The van der Waals surface area contributed by atoms with E-state index < -0.39 is 0 Å². The maximum Gasteiger partial charge on any atom is 0.220 e. The number of benzene rings is 1. The van der Waals surface area contributed by atoms with E-state index in [-0.39, 0.29) is 5.25 Å². The average molecular weight is 341 g/mol. The van der Waals surface area contributed by atoms with Gasteiger partial charge < -0.3 is 14.2 Å². The largest absolute Gasteiger partial charge is 0.479 e. The van der Waals surface area contributed by atoms with Crippen LogP contribution in [0.1, 0.15) is 25.3 Å². The first-order chi connectivity index (χ1) is 10.8. The molecule has 1 aliphatic heterocycles. The Morgan fingerprint density at radius 3 is 2.86 bits per heavy atom. The summed E-state index contributed by atoms with van der Waals surface area (Å²) < 4.78 is 17.2. The van der Waals surface area contributed by atoms with Crippen molar-refractivity contribution in [1.29, 1.82) is 0 Å². The van der Waals surface area contributed by atoms with Crippen LogP contribution in [-0.4, -0.2) is 42.2 Å². The molecule has 1 fully saturated rings. The topological polar surface area (TPSA) is 31.0 Å². The Morgan fingerprint density at radius 1 is 1.41 bits per heavy atom. The van der Waals surface area contributed by atoms with Gasteiger partial charge in [-0.25, -0.2) is 0 Å². The van der Waals surface area contributed by atoms with Gasteiger partial charge in [0.2, 0.25) is 4.38 Å². The van der Waals surface area contributed by atoms with Gasteiger partial charge in [0, 0.05) is 5.25 Å². The number of rotatable bonds is 10. The molecule has 1 aromatic rings. The van der Waals surface area contributed by atoms with E-state index in [2.05, 4.69) is 31.2 Å². The molecular weight excluding hydrogens is 316 g/mol. The minimum atomic E-state index is 0.273. The molecule has 2 unspecified atom stereocenters. The van der Waals surface area contributed by atoms with Crippen molar-refractivity contribution in [1.82, 2.24) is 0 Å². The number of unbranched alkanes of at least 4 members (excludes halogenated alkanes) is 1. The number of hydrogen-bond donors (Lipinski definition) is 0. The lowest BCUT2D eigenvalue weighted by Gasteiger charge is -2.17. The Kier molecular flexibility index (Phi) is 8.23. The summed E-state index contributed by atoms with van der Waals surface area (Å²) in [5.41, 5.74) is 1.29. The maximum atomic E-state index is 5.76. The summed E-state index contributed by atoms with van der Waals surface area (Å²) in [5, 5.41) is 0.273. The lowest BCUT2D eigenvalue weighted by Crippen LogP contribution is -2.19. The van der Waals surface area contributed by atoms with Crippen LogP contribution in [0.15, 0.2) is 30.3 Å². The van der Waals surface area contributed by atoms with E-state index in [1.807, 2.05) is 6.07 Å². The molecule has 0 aromatic heterocycles. The number of hydrogen-bond acceptors (Lipinski definition) is 5. The van der Waals surface area contributed by atoms with Gasteiger partial charge in [-0.05, 0) is 30.6 Å². The average Bonchev–Trinajstić information content (AvgIpc) is 3.33. The summed E-state index contributed by atoms with van der Waals surface area (Å²) in [7, 11) is 0. The lowest BCUT2D eigenvalue weighted by atomic mass is 10.1. The highest BCUT2D eigenvalue weighted by Crippen LogP contribution is 2.21. The first-order valence-corrected chi connectivity index (χ1v) is 9.13. The Labute approximate surface area is 142 Å². The van der Waals surface area contributed by atoms with Gasteiger partial charge in [0.05, 0.1) is 26.4 Å². The predicted molar refractivity (Wildman–Crippen MR) is 95.5 cm³/mol. The Hall–Kier alpha value is -0.620. The summed E-state index contributed by atoms with van der Waals surface area (Å²) in [4.78, 5) is 0. The number of epoxide rings is 1. The molecule has 22 heavy (non-hydrogen) atoms. The number of thioether (sulfide) groups is 1. The van der Waals surface area contributed by atoms with Gasteiger partial charge in [0.1, 0.15) is 6.10 Å². The van der Waals surface area contributed by atoms with Crippen LogP contribution in [0.4, 0.5) is 0 Å². The summed E-state index contributed by atoms with van der Waals surface area (Å²) in [6, 6.07) is 10.4. The SMILES string of the molecule is CCCCOC(=S)SC(COCC1CO1)Cc1ccccc1. The van der Waals surface area contributed by atoms with Gasteiger partial charge in [-0.15, -0.1) is 0 Å². The first kappa shape index (κ1) is 17.7. The highest BCUT2D eigenvalue weighted by molar-refractivity contribution is 8.23. The molecule has 0 radical (unpaired) electrons. The molecule has 1 saturated heterocycles. The van der Waals surface area contributed by atoms with Crippen LogP contribution in [0.3, 0.4) is 0 Å². The van der Waals surface area contributed by atoms with Crippen molar-refractivity contribution < 1.29 is 14.2 Å². The van der Waals surface area contributed by atoms with Gasteiger partial charge in [-0.3, -0.25) is 0 Å². The van der Waals surface area contributed by atoms with E-state index in [4.69, 9.17) is 26.4 Å². The second kappa shape index (κ2) is 10.2. The summed E-state index contributed by atoms with van der Waals surface area (Å²) in [6.45, 7) is 5.02. The van der Waals surface area contributed by atoms with Gasteiger partial charge in [0.15, 0.2) is 0 Å². The Morgan fingerprint density at radius 2 is 2.18 bits per heavy atom. The van der Waals surface area contributed by atoms with E-state index in [9.17, 15) is 0 Å². The van der Waals surface area contributed by atoms with Crippen molar-refractivity contribution in [3.8, 4) is 0 Å². The fourth-order valence-electron chi connectivity index (χ4n) is 1.98. The van der Waals surface area contributed by atoms with Gasteiger partial charge in [0.25, 0.3) is 0 Å². The molecule has 0 amide bonds. The molecule has 3 nitrogen and oxygen atoms in total. The van der Waals surface area contributed by atoms with Crippen molar-refractivity contribution in [3.63, 3.8) is 0 Å². The van der Waals surface area contributed by atoms with Crippen molar-refractivity contribution in [2.24, 2.45) is 0 Å². The molecule has 5 heteroatoms. The molecule has 0 spiro atoms. The third-order valence-corrected chi connectivity index (χ3v) is 4.65. The first-order valence-electron chi connectivity index (χ1n) is 7.84. The molecule has 2 rings (SSSR count). The fourth-order valence-corrected chi connectivity index (χ4v) is 3.33. The molecule has 1 heterocycles. The second-order valence-corrected chi connectivity index (χ2v) is 7.28. The summed E-state index contributed by atoms with van der Waals surface area (Å²) >= 11 is 6.94. The molecule has 2 atom stereocenters. The minimum Gasteiger partial charge on any atom is -0.479 e. The summed E-state index contributed by atoms with van der Waals surface area (Å²) in [6.07, 6.45) is 3.38. The van der Waals surface area contributed by atoms with Crippen molar-refractivity contribution in [3.05, 3.63) is 35.9 Å². The molecule has 1 aromatic carbocycles. The van der Waals surface area contributed by atoms with Crippen LogP contribution in [0.5, 0.6) is 0 Å². The quantitative estimate of drug-likeness (QED) is 0.367. The zero-order chi connectivity index (χ0) is 15.6. The second-order valence-electron chi connectivity index (χ2n) is 5.37. The van der Waals surface area contributed by atoms with Crippen LogP contribution in [0, 0.1) is 0 Å². The van der Waals surface area contributed by atoms with Crippen LogP contribution >= 0.6 is 24.0 Å². The van der Waals surface area contributed by atoms with Crippen LogP contribution in [0.25, 0.3) is 0 Å². The van der Waals surface area contributed by atoms with Crippen LogP contribution in [-0.2, 0) is 20.6 Å². The maximum absolute atomic E-state index is 5.76. The zero-order valence-corrected chi connectivity index (χ0v) is 14.7. The third kappa shape index (κ3) is 7.58. The normalized spacial score (nSPS) is 18.0. The summed E-state index contributed by atoms with van der Waals surface area (Å²) in [5.74, 6) is 0. The molecule has 0 N–H and O–H groups in total. The van der Waals surface area contributed by atoms with Crippen molar-refractivity contribution >= 4 is 28.4 Å². The van der Waals surface area contributed by atoms with Crippen molar-refractivity contribution in [2.75, 3.05) is 26.4 Å². The minimum absolute atomic E-state index is 0.273. The van der Waals surface area contributed by atoms with Crippen LogP contribution < -0.4 is 0 Å². The molecule has 0 aliphatic carbocycles. The van der Waals surface area contributed by atoms with Crippen LogP contribution in [0.2, 0.25) is 0 Å². The van der Waals surface area contributed by atoms with E-state index in [0.717, 1.165) is 25.9 Å². The number of thiocarbonyl (C=S) groups is 1. The van der Waals surface area contributed by atoms with Crippen molar-refractivity contribution in [2.45, 2.75) is 37.5 Å². The van der Waals surface area contributed by atoms with Gasteiger partial charge in [-0.2, -0.15) is 0 Å². The van der Waals surface area contributed by atoms with E-state index in [0.29, 0.717) is 30.3 Å². The molecule has 0 saturated carbocycles. The molecule has 0 bridgehead atoms. The van der Waals surface area contributed by atoms with Gasteiger partial charge >= 0.3 is 0 Å². The monoisotopic (exact) mass is 340 g/mol. The smallest absolute Gasteiger partial charge is 0.220 e. The van der Waals surface area contributed by atoms with Gasteiger partial charge in [-0.1, -0.05) is 55.4 Å². The zero-order valence-electron chi connectivity index (χ0n) is 13.0. The fraction of sp³-hybridized carbons (Fsp3) is 0.588. The third-order valence-electron chi connectivity index (χ3n) is 3.30. The van der Waals surface area contributed by atoms with E-state index in [1.54, 1.807) is 11.8 Å². The molecule has 1 aliphatic rings. The molecule has 122 valence electrons. The molecular formula is C17H24O3S2. The van der Waals surface area contributed by atoms with E-state index in [1.165, 1.54) is 5.56 Å².